The second kappa shape index (κ2) is 4.19. The lowest BCUT2D eigenvalue weighted by Crippen LogP contribution is -2.25. The molecule has 0 aromatic rings. The molecule has 64 valence electrons. The van der Waals surface area contributed by atoms with Crippen LogP contribution in [0.1, 0.15) is 12.8 Å². The summed E-state index contributed by atoms with van der Waals surface area (Å²) >= 11 is 5.32. The zero-order valence-electron chi connectivity index (χ0n) is 6.37. The van der Waals surface area contributed by atoms with Crippen LogP contribution >= 0.6 is 11.6 Å². The number of hydrogen-bond acceptors (Lipinski definition) is 3. The van der Waals surface area contributed by atoms with Crippen LogP contribution in [0.4, 0.5) is 0 Å². The van der Waals surface area contributed by atoms with Gasteiger partial charge in [0.1, 0.15) is 0 Å². The lowest BCUT2D eigenvalue weighted by molar-refractivity contribution is -0.115. The fraction of sp³-hybridized carbons (Fsp3) is 0.500. The number of nitrogens with zero attached hydrogens (tertiary/aromatic N) is 1. The van der Waals surface area contributed by atoms with E-state index in [-0.39, 0.29) is 12.0 Å². The molecule has 0 radical (unpaired) electrons. The molecular weight excluding hydrogens is 178 g/mol. The number of isocyanates is 1. The monoisotopic (exact) mass is 185 g/mol. The van der Waals surface area contributed by atoms with Gasteiger partial charge < -0.3 is 0 Å². The Kier molecular flexibility index (Phi) is 3.20. The van der Waals surface area contributed by atoms with Gasteiger partial charge in [0.2, 0.25) is 11.3 Å². The molecule has 1 aliphatic rings. The highest BCUT2D eigenvalue weighted by Gasteiger charge is 2.27. The molecule has 3 nitrogen and oxygen atoms in total. The quantitative estimate of drug-likeness (QED) is 0.283. The number of hydrogen-bond donors (Lipinski definition) is 0. The van der Waals surface area contributed by atoms with Crippen molar-refractivity contribution in [2.75, 3.05) is 0 Å². The first-order chi connectivity index (χ1) is 5.75. The molecule has 0 N–H and O–H groups in total. The lowest BCUT2D eigenvalue weighted by Gasteiger charge is -2.19. The van der Waals surface area contributed by atoms with Crippen LogP contribution < -0.4 is 0 Å². The summed E-state index contributed by atoms with van der Waals surface area (Å²) in [6.45, 7) is 0. The van der Waals surface area contributed by atoms with E-state index >= 15 is 0 Å². The van der Waals surface area contributed by atoms with E-state index in [1.807, 2.05) is 12.2 Å². The summed E-state index contributed by atoms with van der Waals surface area (Å²) in [6, 6.07) is -0.308. The van der Waals surface area contributed by atoms with E-state index in [2.05, 4.69) is 4.99 Å². The molecule has 0 unspecified atom stereocenters. The maximum atomic E-state index is 10.8. The molecule has 2 atom stereocenters. The minimum Gasteiger partial charge on any atom is -0.281 e. The van der Waals surface area contributed by atoms with E-state index in [4.69, 9.17) is 11.6 Å². The second-order valence-corrected chi connectivity index (χ2v) is 3.01. The van der Waals surface area contributed by atoms with Crippen molar-refractivity contribution in [3.8, 4) is 0 Å². The van der Waals surface area contributed by atoms with Crippen LogP contribution in [0, 0.1) is 5.92 Å². The molecule has 12 heavy (non-hydrogen) atoms. The van der Waals surface area contributed by atoms with Gasteiger partial charge in [-0.3, -0.25) is 4.79 Å². The first-order valence-corrected chi connectivity index (χ1v) is 4.05. The third-order valence-electron chi connectivity index (χ3n) is 1.91. The minimum atomic E-state index is -0.427. The molecule has 0 heterocycles. The molecular formula is C8H8ClNO2. The van der Waals surface area contributed by atoms with Gasteiger partial charge in [0.25, 0.3) is 0 Å². The molecule has 0 bridgehead atoms. The normalized spacial score (nSPS) is 27.8. The first kappa shape index (κ1) is 9.17. The highest BCUT2D eigenvalue weighted by Crippen LogP contribution is 2.23. The van der Waals surface area contributed by atoms with Crippen molar-refractivity contribution in [3.05, 3.63) is 12.2 Å². The molecule has 0 saturated carbocycles. The molecule has 4 heteroatoms. The highest BCUT2D eigenvalue weighted by atomic mass is 35.5. The van der Waals surface area contributed by atoms with Crippen LogP contribution in [0.25, 0.3) is 0 Å². The Morgan fingerprint density at radius 1 is 1.50 bits per heavy atom. The number of allylic oxidation sites excluding steroid dienone is 1. The zero-order chi connectivity index (χ0) is 8.97. The standard InChI is InChI=1S/C8H8ClNO2/c9-8(12)6-3-1-2-4-7(6)10-5-11/h1-2,6-7H,3-4H2/t6-,7+/m0/s1. The SMILES string of the molecule is O=C=N[C@@H]1CC=CC[C@@H]1C(=O)Cl. The van der Waals surface area contributed by atoms with Crippen LogP contribution in [0.15, 0.2) is 17.1 Å². The summed E-state index contributed by atoms with van der Waals surface area (Å²) < 4.78 is 0. The Labute approximate surface area is 75.1 Å². The number of rotatable bonds is 2. The van der Waals surface area contributed by atoms with E-state index in [0.717, 1.165) is 0 Å². The van der Waals surface area contributed by atoms with E-state index in [9.17, 15) is 9.59 Å². The predicted octanol–water partition coefficient (Wildman–Crippen LogP) is 1.42. The minimum absolute atomic E-state index is 0.308. The maximum Gasteiger partial charge on any atom is 0.235 e. The van der Waals surface area contributed by atoms with E-state index in [1.54, 1.807) is 0 Å². The Morgan fingerprint density at radius 2 is 2.17 bits per heavy atom. The largest absolute Gasteiger partial charge is 0.281 e. The summed E-state index contributed by atoms with van der Waals surface area (Å²) in [5, 5.41) is -0.427. The van der Waals surface area contributed by atoms with Crippen LogP contribution in [0.5, 0.6) is 0 Å². The average molecular weight is 186 g/mol. The van der Waals surface area contributed by atoms with Gasteiger partial charge >= 0.3 is 0 Å². The zero-order valence-corrected chi connectivity index (χ0v) is 7.12. The molecule has 0 saturated heterocycles. The summed E-state index contributed by atoms with van der Waals surface area (Å²) in [4.78, 5) is 24.3. The Hall–Kier alpha value is -0.920. The topological polar surface area (TPSA) is 46.5 Å². The van der Waals surface area contributed by atoms with Crippen LogP contribution in [-0.4, -0.2) is 17.4 Å². The number of aliphatic imine (C=N–C) groups is 1. The fourth-order valence-electron chi connectivity index (χ4n) is 1.25. The molecule has 0 aliphatic heterocycles. The van der Waals surface area contributed by atoms with Gasteiger partial charge in [0.15, 0.2) is 0 Å². The van der Waals surface area contributed by atoms with Crippen LogP contribution in [0.3, 0.4) is 0 Å². The molecule has 0 aromatic carbocycles. The highest BCUT2D eigenvalue weighted by molar-refractivity contribution is 6.64. The fourth-order valence-corrected chi connectivity index (χ4v) is 1.49. The van der Waals surface area contributed by atoms with E-state index in [0.29, 0.717) is 12.8 Å². The number of carbonyl (C=O) groups is 1. The number of carbonyl (C=O) groups excluding carboxylic acids is 2. The van der Waals surface area contributed by atoms with Gasteiger partial charge in [-0.05, 0) is 24.4 Å². The van der Waals surface area contributed by atoms with E-state index < -0.39 is 5.24 Å². The summed E-state index contributed by atoms with van der Waals surface area (Å²) in [5.74, 6) is -0.349. The molecule has 0 fully saturated rings. The Bertz CT molecular complexity index is 244. The average Bonchev–Trinajstić information content (AvgIpc) is 2.05. The Morgan fingerprint density at radius 3 is 2.75 bits per heavy atom. The first-order valence-electron chi connectivity index (χ1n) is 3.67. The smallest absolute Gasteiger partial charge is 0.235 e. The Balaban J connectivity index is 2.75. The van der Waals surface area contributed by atoms with Crippen molar-refractivity contribution in [2.24, 2.45) is 10.9 Å². The third kappa shape index (κ3) is 2.03. The van der Waals surface area contributed by atoms with Gasteiger partial charge in [0, 0.05) is 0 Å². The lowest BCUT2D eigenvalue weighted by atomic mass is 9.91. The van der Waals surface area contributed by atoms with Crippen molar-refractivity contribution in [2.45, 2.75) is 18.9 Å². The summed E-state index contributed by atoms with van der Waals surface area (Å²) in [5.41, 5.74) is 0. The predicted molar refractivity (Wildman–Crippen MR) is 44.6 cm³/mol. The van der Waals surface area contributed by atoms with Gasteiger partial charge in [-0.25, -0.2) is 9.79 Å². The molecule has 0 spiro atoms. The van der Waals surface area contributed by atoms with Crippen molar-refractivity contribution in [3.63, 3.8) is 0 Å². The molecule has 1 rings (SSSR count). The molecule has 1 aliphatic carbocycles. The van der Waals surface area contributed by atoms with Crippen molar-refractivity contribution in [1.29, 1.82) is 0 Å². The second-order valence-electron chi connectivity index (χ2n) is 2.64. The summed E-state index contributed by atoms with van der Waals surface area (Å²) in [6.07, 6.45) is 6.38. The van der Waals surface area contributed by atoms with Crippen molar-refractivity contribution >= 4 is 22.9 Å². The van der Waals surface area contributed by atoms with Crippen LogP contribution in [-0.2, 0) is 9.59 Å². The van der Waals surface area contributed by atoms with Crippen molar-refractivity contribution in [1.82, 2.24) is 0 Å². The van der Waals surface area contributed by atoms with Gasteiger partial charge in [-0.2, -0.15) is 0 Å². The van der Waals surface area contributed by atoms with Gasteiger partial charge in [-0.1, -0.05) is 12.2 Å². The molecule has 0 amide bonds. The van der Waals surface area contributed by atoms with E-state index in [1.165, 1.54) is 6.08 Å². The van der Waals surface area contributed by atoms with Gasteiger partial charge in [0.05, 0.1) is 12.0 Å². The molecule has 0 aromatic heterocycles. The van der Waals surface area contributed by atoms with Gasteiger partial charge in [-0.15, -0.1) is 0 Å². The van der Waals surface area contributed by atoms with Crippen molar-refractivity contribution < 1.29 is 9.59 Å². The maximum absolute atomic E-state index is 10.8. The third-order valence-corrected chi connectivity index (χ3v) is 2.19. The number of halogens is 1. The van der Waals surface area contributed by atoms with Crippen LogP contribution in [0.2, 0.25) is 0 Å². The summed E-state index contributed by atoms with van der Waals surface area (Å²) in [7, 11) is 0.